The average molecular weight is 329 g/mol. The molecule has 126 valence electrons. The van der Waals surface area contributed by atoms with Crippen molar-refractivity contribution in [2.75, 3.05) is 7.11 Å². The number of methoxy groups -OCH3 is 1. The number of hydrogen-bond acceptors (Lipinski definition) is 4. The van der Waals surface area contributed by atoms with E-state index in [4.69, 9.17) is 9.84 Å². The molecule has 0 fully saturated rings. The van der Waals surface area contributed by atoms with Crippen LogP contribution in [0.2, 0.25) is 0 Å². The number of ether oxygens (including phenoxy) is 2. The number of carbonyl (C=O) groups excluding carboxylic acids is 1. The predicted octanol–water partition coefficient (Wildman–Crippen LogP) is 2.62. The Bertz CT molecular complexity index is 670. The summed E-state index contributed by atoms with van der Waals surface area (Å²) >= 11 is 0. The fraction of sp³-hybridized carbons (Fsp3) is 0.222. The van der Waals surface area contributed by atoms with Gasteiger partial charge in [0.25, 0.3) is 0 Å². The largest absolute Gasteiger partial charge is 0.489 e. The molecular formula is C18H19NO5. The standard InChI is InChI=1S/C18H19NO5/c1-23-18(22)19-16(17(20)21)11-13-7-9-15(10-8-13)24-12-14-5-3-2-4-6-14/h2-10,16H,11-12H2,1H3,(H,19,22)(H,20,21)/t16-/m0/s1. The molecule has 6 nitrogen and oxygen atoms in total. The van der Waals surface area contributed by atoms with E-state index in [-0.39, 0.29) is 6.42 Å². The van der Waals surface area contributed by atoms with Crippen molar-refractivity contribution in [3.8, 4) is 5.75 Å². The van der Waals surface area contributed by atoms with Gasteiger partial charge in [-0.1, -0.05) is 42.5 Å². The Labute approximate surface area is 140 Å². The van der Waals surface area contributed by atoms with Gasteiger partial charge in [0.05, 0.1) is 7.11 Å². The van der Waals surface area contributed by atoms with Crippen molar-refractivity contribution in [1.82, 2.24) is 5.32 Å². The Balaban J connectivity index is 1.92. The summed E-state index contributed by atoms with van der Waals surface area (Å²) in [4.78, 5) is 22.4. The number of alkyl carbamates (subject to hydrolysis) is 1. The molecular weight excluding hydrogens is 310 g/mol. The number of carboxylic acids is 1. The Hall–Kier alpha value is -3.02. The quantitative estimate of drug-likeness (QED) is 0.815. The van der Waals surface area contributed by atoms with E-state index < -0.39 is 18.1 Å². The van der Waals surface area contributed by atoms with Gasteiger partial charge in [-0.15, -0.1) is 0 Å². The Kier molecular flexibility index (Phi) is 6.19. The molecule has 0 bridgehead atoms. The van der Waals surface area contributed by atoms with E-state index >= 15 is 0 Å². The van der Waals surface area contributed by atoms with Crippen LogP contribution >= 0.6 is 0 Å². The lowest BCUT2D eigenvalue weighted by Crippen LogP contribution is -2.42. The molecule has 1 amide bonds. The minimum absolute atomic E-state index is 0.156. The first-order valence-corrected chi connectivity index (χ1v) is 7.41. The summed E-state index contributed by atoms with van der Waals surface area (Å²) in [6.07, 6.45) is -0.617. The van der Waals surface area contributed by atoms with Gasteiger partial charge in [0.1, 0.15) is 18.4 Å². The summed E-state index contributed by atoms with van der Waals surface area (Å²) in [5, 5.41) is 11.4. The zero-order chi connectivity index (χ0) is 17.4. The lowest BCUT2D eigenvalue weighted by Gasteiger charge is -2.14. The molecule has 2 aromatic rings. The average Bonchev–Trinajstić information content (AvgIpc) is 2.61. The van der Waals surface area contributed by atoms with Gasteiger partial charge in [-0.2, -0.15) is 0 Å². The van der Waals surface area contributed by atoms with Crippen LogP contribution in [0.3, 0.4) is 0 Å². The van der Waals surface area contributed by atoms with Crippen LogP contribution in [-0.2, 0) is 22.6 Å². The van der Waals surface area contributed by atoms with Gasteiger partial charge in [-0.3, -0.25) is 0 Å². The highest BCUT2D eigenvalue weighted by molar-refractivity contribution is 5.80. The molecule has 0 aliphatic carbocycles. The molecule has 0 aliphatic heterocycles. The van der Waals surface area contributed by atoms with E-state index in [9.17, 15) is 9.59 Å². The first-order valence-electron chi connectivity index (χ1n) is 7.41. The molecule has 2 aromatic carbocycles. The normalized spacial score (nSPS) is 11.4. The highest BCUT2D eigenvalue weighted by atomic mass is 16.5. The van der Waals surface area contributed by atoms with E-state index in [2.05, 4.69) is 10.1 Å². The lowest BCUT2D eigenvalue weighted by atomic mass is 10.1. The highest BCUT2D eigenvalue weighted by Crippen LogP contribution is 2.15. The summed E-state index contributed by atoms with van der Waals surface area (Å²) in [5.41, 5.74) is 1.83. The number of aliphatic carboxylic acids is 1. The monoisotopic (exact) mass is 329 g/mol. The highest BCUT2D eigenvalue weighted by Gasteiger charge is 2.20. The third kappa shape index (κ3) is 5.31. The molecule has 1 atom stereocenters. The Morgan fingerprint density at radius 2 is 1.71 bits per heavy atom. The number of rotatable bonds is 7. The van der Waals surface area contributed by atoms with E-state index in [1.165, 1.54) is 7.11 Å². The second-order valence-corrected chi connectivity index (χ2v) is 5.15. The molecule has 0 radical (unpaired) electrons. The molecule has 0 aliphatic rings. The van der Waals surface area contributed by atoms with Crippen LogP contribution in [0.5, 0.6) is 5.75 Å². The fourth-order valence-corrected chi connectivity index (χ4v) is 2.10. The van der Waals surface area contributed by atoms with Crippen molar-refractivity contribution in [2.45, 2.75) is 19.1 Å². The maximum absolute atomic E-state index is 11.2. The van der Waals surface area contributed by atoms with Crippen molar-refractivity contribution in [3.63, 3.8) is 0 Å². The minimum Gasteiger partial charge on any atom is -0.489 e. The van der Waals surface area contributed by atoms with Gasteiger partial charge >= 0.3 is 12.1 Å². The summed E-state index contributed by atoms with van der Waals surface area (Å²) in [5.74, 6) is -0.430. The Morgan fingerprint density at radius 3 is 2.29 bits per heavy atom. The molecule has 24 heavy (non-hydrogen) atoms. The molecule has 2 N–H and O–H groups in total. The second kappa shape index (κ2) is 8.57. The zero-order valence-electron chi connectivity index (χ0n) is 13.3. The maximum atomic E-state index is 11.2. The van der Waals surface area contributed by atoms with Crippen LogP contribution in [-0.4, -0.2) is 30.3 Å². The SMILES string of the molecule is COC(=O)N[C@@H](Cc1ccc(OCc2ccccc2)cc1)C(=O)O. The van der Waals surface area contributed by atoms with Crippen molar-refractivity contribution < 1.29 is 24.2 Å². The van der Waals surface area contributed by atoms with Gasteiger partial charge < -0.3 is 19.9 Å². The van der Waals surface area contributed by atoms with Crippen LogP contribution in [0, 0.1) is 0 Å². The van der Waals surface area contributed by atoms with Gasteiger partial charge in [0.15, 0.2) is 0 Å². The number of carboxylic acid groups (broad SMARTS) is 1. The molecule has 0 saturated heterocycles. The number of amides is 1. The summed E-state index contributed by atoms with van der Waals surface area (Å²) in [6, 6.07) is 15.8. The molecule has 0 heterocycles. The van der Waals surface area contributed by atoms with E-state index in [1.54, 1.807) is 24.3 Å². The topological polar surface area (TPSA) is 84.9 Å². The van der Waals surface area contributed by atoms with Crippen LogP contribution < -0.4 is 10.1 Å². The molecule has 6 heteroatoms. The predicted molar refractivity (Wildman–Crippen MR) is 87.9 cm³/mol. The van der Waals surface area contributed by atoms with Crippen molar-refractivity contribution in [2.24, 2.45) is 0 Å². The zero-order valence-corrected chi connectivity index (χ0v) is 13.3. The number of benzene rings is 2. The first-order chi connectivity index (χ1) is 11.6. The smallest absolute Gasteiger partial charge is 0.407 e. The van der Waals surface area contributed by atoms with Gasteiger partial charge in [-0.05, 0) is 23.3 Å². The number of hydrogen-bond donors (Lipinski definition) is 2. The van der Waals surface area contributed by atoms with Crippen molar-refractivity contribution >= 4 is 12.1 Å². The minimum atomic E-state index is -1.12. The van der Waals surface area contributed by atoms with Crippen molar-refractivity contribution in [1.29, 1.82) is 0 Å². The third-order valence-electron chi connectivity index (χ3n) is 3.39. The first kappa shape index (κ1) is 17.3. The molecule has 2 rings (SSSR count). The number of carbonyl (C=O) groups is 2. The van der Waals surface area contributed by atoms with Gasteiger partial charge in [0.2, 0.25) is 0 Å². The van der Waals surface area contributed by atoms with E-state index in [0.717, 1.165) is 11.1 Å². The van der Waals surface area contributed by atoms with Gasteiger partial charge in [0, 0.05) is 6.42 Å². The lowest BCUT2D eigenvalue weighted by molar-refractivity contribution is -0.139. The summed E-state index contributed by atoms with van der Waals surface area (Å²) in [7, 11) is 1.19. The van der Waals surface area contributed by atoms with Crippen LogP contribution in [0.15, 0.2) is 54.6 Å². The van der Waals surface area contributed by atoms with Gasteiger partial charge in [-0.25, -0.2) is 9.59 Å². The van der Waals surface area contributed by atoms with Crippen molar-refractivity contribution in [3.05, 3.63) is 65.7 Å². The molecule has 0 saturated carbocycles. The molecule has 0 aromatic heterocycles. The maximum Gasteiger partial charge on any atom is 0.407 e. The molecule has 0 spiro atoms. The second-order valence-electron chi connectivity index (χ2n) is 5.15. The van der Waals surface area contributed by atoms with E-state index in [0.29, 0.717) is 12.4 Å². The van der Waals surface area contributed by atoms with Crippen LogP contribution in [0.25, 0.3) is 0 Å². The van der Waals surface area contributed by atoms with Crippen LogP contribution in [0.4, 0.5) is 4.79 Å². The fourth-order valence-electron chi connectivity index (χ4n) is 2.10. The summed E-state index contributed by atoms with van der Waals surface area (Å²) in [6.45, 7) is 0.460. The van der Waals surface area contributed by atoms with Crippen LogP contribution in [0.1, 0.15) is 11.1 Å². The summed E-state index contributed by atoms with van der Waals surface area (Å²) < 4.78 is 10.1. The Morgan fingerprint density at radius 1 is 1.04 bits per heavy atom. The third-order valence-corrected chi connectivity index (χ3v) is 3.39. The number of nitrogens with one attached hydrogen (secondary N) is 1. The van der Waals surface area contributed by atoms with E-state index in [1.807, 2.05) is 30.3 Å². The molecule has 0 unspecified atom stereocenters.